The maximum atomic E-state index is 13.8. The topological polar surface area (TPSA) is 100 Å². The lowest BCUT2D eigenvalue weighted by Crippen LogP contribution is -2.30. The Labute approximate surface area is 328 Å². The van der Waals surface area contributed by atoms with E-state index >= 15 is 0 Å². The highest BCUT2D eigenvalue weighted by atomic mass is 35.5. The number of hydrogen-bond donors (Lipinski definition) is 3. The van der Waals surface area contributed by atoms with Crippen molar-refractivity contribution in [3.63, 3.8) is 0 Å². The molecule has 3 N–H and O–H groups in total. The molecule has 260 valence electrons. The summed E-state index contributed by atoms with van der Waals surface area (Å²) >= 11 is 27.7. The lowest BCUT2D eigenvalue weighted by molar-refractivity contribution is -0.116. The van der Waals surface area contributed by atoms with E-state index < -0.39 is 17.1 Å². The predicted molar refractivity (Wildman–Crippen MR) is 215 cm³/mol. The number of aromatic nitrogens is 1. The van der Waals surface area contributed by atoms with Gasteiger partial charge in [0, 0.05) is 42.7 Å². The Kier molecular flexibility index (Phi) is 12.3. The smallest absolute Gasteiger partial charge is 0.272 e. The van der Waals surface area contributed by atoms with Crippen LogP contribution >= 0.6 is 69.5 Å². The summed E-state index contributed by atoms with van der Waals surface area (Å²) in [7, 11) is 0. The van der Waals surface area contributed by atoms with Gasteiger partial charge in [-0.05, 0) is 66.2 Å². The molecule has 0 aliphatic heterocycles. The minimum Gasteiger partial charge on any atom is -0.321 e. The number of nitrogens with zero attached hydrogens (tertiary/aromatic N) is 1. The van der Waals surface area contributed by atoms with Crippen molar-refractivity contribution in [2.45, 2.75) is 10.1 Å². The monoisotopic (exact) mass is 802 g/mol. The van der Waals surface area contributed by atoms with Crippen LogP contribution in [0.25, 0.3) is 17.3 Å². The zero-order valence-corrected chi connectivity index (χ0v) is 31.4. The first-order valence-corrected chi connectivity index (χ1v) is 18.8. The van der Waals surface area contributed by atoms with Crippen molar-refractivity contribution < 1.29 is 14.4 Å². The second kappa shape index (κ2) is 17.3. The summed E-state index contributed by atoms with van der Waals surface area (Å²) in [6.45, 7) is 0. The van der Waals surface area contributed by atoms with E-state index in [0.717, 1.165) is 11.1 Å². The molecule has 0 fully saturated rings. The van der Waals surface area contributed by atoms with E-state index in [1.54, 1.807) is 78.9 Å². The van der Waals surface area contributed by atoms with Crippen LogP contribution in [-0.2, 0) is 9.59 Å². The normalized spacial score (nSPS) is 11.8. The molecule has 0 aliphatic rings. The summed E-state index contributed by atoms with van der Waals surface area (Å²) in [5, 5.41) is 11.5. The van der Waals surface area contributed by atoms with Crippen LogP contribution in [0.2, 0.25) is 20.1 Å². The number of halogens is 4. The fourth-order valence-corrected chi connectivity index (χ4v) is 7.52. The first kappa shape index (κ1) is 37.2. The fraction of sp³-hybridized carbons (Fsp3) is 0.0256. The van der Waals surface area contributed by atoms with E-state index in [1.165, 1.54) is 29.2 Å². The molecular weight excluding hydrogens is 778 g/mol. The molecule has 7 nitrogen and oxygen atoms in total. The van der Waals surface area contributed by atoms with Crippen molar-refractivity contribution in [2.75, 3.05) is 10.6 Å². The first-order valence-electron chi connectivity index (χ1n) is 15.5. The van der Waals surface area contributed by atoms with Crippen molar-refractivity contribution in [1.29, 1.82) is 0 Å². The van der Waals surface area contributed by atoms with Crippen LogP contribution in [0.1, 0.15) is 26.7 Å². The van der Waals surface area contributed by atoms with E-state index in [4.69, 9.17) is 46.4 Å². The van der Waals surface area contributed by atoms with Crippen LogP contribution in [-0.4, -0.2) is 22.7 Å². The molecule has 1 unspecified atom stereocenters. The third-order valence-electron chi connectivity index (χ3n) is 7.45. The van der Waals surface area contributed by atoms with Gasteiger partial charge in [0.1, 0.15) is 10.9 Å². The maximum absolute atomic E-state index is 13.8. The average Bonchev–Trinajstić information content (AvgIpc) is 3.62. The second-order valence-electron chi connectivity index (χ2n) is 11.1. The molecule has 3 amide bonds. The van der Waals surface area contributed by atoms with Crippen molar-refractivity contribution in [3.8, 4) is 11.3 Å². The summed E-state index contributed by atoms with van der Waals surface area (Å²) in [5.41, 5.74) is 3.27. The summed E-state index contributed by atoms with van der Waals surface area (Å²) in [5.74, 6) is -1.39. The lowest BCUT2D eigenvalue weighted by atomic mass is 10.1. The Morgan fingerprint density at radius 1 is 0.712 bits per heavy atom. The van der Waals surface area contributed by atoms with Crippen LogP contribution in [0.5, 0.6) is 0 Å². The molecule has 0 spiro atoms. The van der Waals surface area contributed by atoms with Gasteiger partial charge in [-0.2, -0.15) is 0 Å². The number of carbonyl (C=O) groups is 3. The van der Waals surface area contributed by atoms with Gasteiger partial charge >= 0.3 is 0 Å². The Bertz CT molecular complexity index is 2260. The molecule has 1 aromatic heterocycles. The summed E-state index contributed by atoms with van der Waals surface area (Å²) in [6, 6.07) is 35.1. The quantitative estimate of drug-likeness (QED) is 0.0894. The van der Waals surface area contributed by atoms with Gasteiger partial charge in [0.05, 0.1) is 15.7 Å². The maximum Gasteiger partial charge on any atom is 0.272 e. The van der Waals surface area contributed by atoms with Gasteiger partial charge in [-0.3, -0.25) is 14.4 Å². The summed E-state index contributed by atoms with van der Waals surface area (Å²) in [6.07, 6.45) is 1.43. The van der Waals surface area contributed by atoms with Crippen molar-refractivity contribution in [2.24, 2.45) is 0 Å². The van der Waals surface area contributed by atoms with E-state index in [0.29, 0.717) is 52.6 Å². The van der Waals surface area contributed by atoms with Gasteiger partial charge in [-0.1, -0.05) is 113 Å². The van der Waals surface area contributed by atoms with Gasteiger partial charge in [-0.15, -0.1) is 23.1 Å². The Morgan fingerprint density at radius 3 is 2.12 bits per heavy atom. The molecule has 0 saturated carbocycles. The number of amides is 3. The van der Waals surface area contributed by atoms with Crippen LogP contribution in [0, 0.1) is 0 Å². The van der Waals surface area contributed by atoms with Crippen molar-refractivity contribution >= 4 is 104 Å². The number of thioether (sulfide) groups is 1. The van der Waals surface area contributed by atoms with Gasteiger partial charge in [0.15, 0.2) is 5.13 Å². The van der Waals surface area contributed by atoms with Crippen LogP contribution in [0.3, 0.4) is 0 Å². The average molecular weight is 805 g/mol. The lowest BCUT2D eigenvalue weighted by Gasteiger charge is -2.17. The van der Waals surface area contributed by atoms with Gasteiger partial charge in [0.25, 0.3) is 11.8 Å². The van der Waals surface area contributed by atoms with E-state index in [9.17, 15) is 14.4 Å². The molecule has 1 heterocycles. The number of benzene rings is 5. The number of thiazole rings is 1. The molecule has 0 saturated heterocycles. The number of nitrogens with one attached hydrogen (secondary N) is 3. The molecular formula is C39H26Cl4N4O3S2. The minimum atomic E-state index is -0.674. The Balaban J connectivity index is 1.22. The molecule has 0 aliphatic carbocycles. The highest BCUT2D eigenvalue weighted by Crippen LogP contribution is 2.38. The Hall–Kier alpha value is -4.61. The molecule has 0 bridgehead atoms. The standard InChI is InChI=1S/C39H26Cl4N4O3S2/c40-29-15-8-16-30(41)28(29)21-33(45-36(48)24-11-5-2-6-12-24)37(49)44-26-13-7-14-27(20-26)52-35(23-9-3-1-4-10-23)38(50)47-39-46-34(22-51-39)25-17-18-31(42)32(43)19-25/h1-22,35H,(H,44,49)(H,45,48)(H,46,47,50)/b33-21+. The number of anilines is 2. The van der Waals surface area contributed by atoms with Gasteiger partial charge in [0.2, 0.25) is 5.91 Å². The second-order valence-corrected chi connectivity index (χ2v) is 14.7. The Morgan fingerprint density at radius 2 is 1.40 bits per heavy atom. The fourth-order valence-electron chi connectivity index (χ4n) is 4.91. The zero-order chi connectivity index (χ0) is 36.6. The first-order chi connectivity index (χ1) is 25.1. The highest BCUT2D eigenvalue weighted by Gasteiger charge is 2.24. The molecule has 0 radical (unpaired) electrons. The van der Waals surface area contributed by atoms with Gasteiger partial charge < -0.3 is 16.0 Å². The third kappa shape index (κ3) is 9.43. The van der Waals surface area contributed by atoms with Crippen LogP contribution in [0.4, 0.5) is 10.8 Å². The molecule has 52 heavy (non-hydrogen) atoms. The molecule has 1 atom stereocenters. The number of carbonyl (C=O) groups excluding carboxylic acids is 3. The molecule has 6 aromatic rings. The minimum absolute atomic E-state index is 0.0767. The summed E-state index contributed by atoms with van der Waals surface area (Å²) in [4.78, 5) is 46.0. The summed E-state index contributed by atoms with van der Waals surface area (Å²) < 4.78 is 0. The van der Waals surface area contributed by atoms with E-state index in [2.05, 4.69) is 20.9 Å². The SMILES string of the molecule is O=C(Nc1cccc(SC(C(=O)Nc2nc(-c3ccc(Cl)c(Cl)c3)cs2)c2ccccc2)c1)/C(=C\c1c(Cl)cccc1Cl)NC(=O)c1ccccc1. The van der Waals surface area contributed by atoms with Gasteiger partial charge in [-0.25, -0.2) is 4.98 Å². The van der Waals surface area contributed by atoms with E-state index in [1.807, 2.05) is 47.8 Å². The molecule has 5 aromatic carbocycles. The van der Waals surface area contributed by atoms with Crippen LogP contribution < -0.4 is 16.0 Å². The molecule has 13 heteroatoms. The number of hydrogen-bond acceptors (Lipinski definition) is 6. The van der Waals surface area contributed by atoms with Crippen molar-refractivity contribution in [1.82, 2.24) is 10.3 Å². The van der Waals surface area contributed by atoms with Crippen molar-refractivity contribution in [3.05, 3.63) is 169 Å². The van der Waals surface area contributed by atoms with E-state index in [-0.39, 0.29) is 11.6 Å². The third-order valence-corrected chi connectivity index (χ3v) is 10.9. The highest BCUT2D eigenvalue weighted by molar-refractivity contribution is 8.00. The van der Waals surface area contributed by atoms with Crippen LogP contribution in [0.15, 0.2) is 137 Å². The zero-order valence-electron chi connectivity index (χ0n) is 26.8. The predicted octanol–water partition coefficient (Wildman–Crippen LogP) is 11.3. The number of rotatable bonds is 11. The largest absolute Gasteiger partial charge is 0.321 e. The molecule has 6 rings (SSSR count).